The molecule has 2 atom stereocenters. The lowest BCUT2D eigenvalue weighted by molar-refractivity contribution is 0.208. The number of piperidine rings is 1. The summed E-state index contributed by atoms with van der Waals surface area (Å²) in [6.07, 6.45) is 1.99. The van der Waals surface area contributed by atoms with Gasteiger partial charge < -0.3 is 14.7 Å². The number of hydrogen-bond acceptors (Lipinski definition) is 4. The molecule has 1 N–H and O–H groups in total. The lowest BCUT2D eigenvalue weighted by Crippen LogP contribution is -2.48. The molecule has 2 rings (SSSR count). The SMILES string of the molecule is CCNC(=NCCc1nc(C(C)C)no1)N1CC(C)CC(C)C1.I. The molecule has 0 spiro atoms. The summed E-state index contributed by atoms with van der Waals surface area (Å²) in [7, 11) is 0. The molecule has 1 aliphatic rings. The van der Waals surface area contributed by atoms with Crippen LogP contribution in [0.2, 0.25) is 0 Å². The van der Waals surface area contributed by atoms with Gasteiger partial charge in [-0.2, -0.15) is 4.98 Å². The number of likely N-dealkylation sites (tertiary alicyclic amines) is 1. The molecule has 24 heavy (non-hydrogen) atoms. The van der Waals surface area contributed by atoms with Crippen LogP contribution >= 0.6 is 24.0 Å². The van der Waals surface area contributed by atoms with Gasteiger partial charge in [0.25, 0.3) is 0 Å². The zero-order valence-electron chi connectivity index (χ0n) is 15.6. The van der Waals surface area contributed by atoms with Gasteiger partial charge in [0, 0.05) is 32.0 Å². The number of rotatable bonds is 5. The highest BCUT2D eigenvalue weighted by molar-refractivity contribution is 14.0. The Morgan fingerprint density at radius 2 is 2.00 bits per heavy atom. The lowest BCUT2D eigenvalue weighted by atomic mass is 9.92. The maximum absolute atomic E-state index is 5.28. The number of nitrogens with one attached hydrogen (secondary N) is 1. The quantitative estimate of drug-likeness (QED) is 0.425. The van der Waals surface area contributed by atoms with E-state index in [1.165, 1.54) is 6.42 Å². The van der Waals surface area contributed by atoms with Crippen molar-refractivity contribution in [2.45, 2.75) is 53.4 Å². The molecular weight excluding hydrogens is 417 g/mol. The molecule has 0 aliphatic carbocycles. The molecule has 0 saturated carbocycles. The maximum Gasteiger partial charge on any atom is 0.228 e. The minimum absolute atomic E-state index is 0. The Morgan fingerprint density at radius 1 is 1.33 bits per heavy atom. The smallest absolute Gasteiger partial charge is 0.228 e. The molecule has 0 bridgehead atoms. The largest absolute Gasteiger partial charge is 0.357 e. The van der Waals surface area contributed by atoms with E-state index in [1.54, 1.807) is 0 Å². The van der Waals surface area contributed by atoms with Gasteiger partial charge in [-0.05, 0) is 25.2 Å². The first kappa shape index (κ1) is 21.2. The van der Waals surface area contributed by atoms with Crippen LogP contribution in [0.25, 0.3) is 0 Å². The summed E-state index contributed by atoms with van der Waals surface area (Å²) in [4.78, 5) is 11.6. The van der Waals surface area contributed by atoms with Crippen molar-refractivity contribution in [2.24, 2.45) is 16.8 Å². The van der Waals surface area contributed by atoms with Crippen LogP contribution in [0.1, 0.15) is 58.7 Å². The van der Waals surface area contributed by atoms with Crippen LogP contribution in [0.4, 0.5) is 0 Å². The maximum atomic E-state index is 5.28. The molecule has 138 valence electrons. The second kappa shape index (κ2) is 10.2. The van der Waals surface area contributed by atoms with Crippen LogP contribution in [-0.2, 0) is 6.42 Å². The molecule has 1 aliphatic heterocycles. The van der Waals surface area contributed by atoms with Crippen molar-refractivity contribution in [3.63, 3.8) is 0 Å². The van der Waals surface area contributed by atoms with E-state index in [-0.39, 0.29) is 24.0 Å². The summed E-state index contributed by atoms with van der Waals surface area (Å²) in [5, 5.41) is 7.41. The molecule has 1 saturated heterocycles. The third-order valence-corrected chi connectivity index (χ3v) is 4.09. The highest BCUT2D eigenvalue weighted by Gasteiger charge is 2.23. The Bertz CT molecular complexity index is 507. The normalized spacial score (nSPS) is 21.8. The molecule has 6 nitrogen and oxygen atoms in total. The van der Waals surface area contributed by atoms with Gasteiger partial charge in [0.05, 0.1) is 6.54 Å². The zero-order valence-corrected chi connectivity index (χ0v) is 17.9. The van der Waals surface area contributed by atoms with Crippen LogP contribution < -0.4 is 5.32 Å². The van der Waals surface area contributed by atoms with Gasteiger partial charge in [0.15, 0.2) is 11.8 Å². The molecule has 2 heterocycles. The Balaban J connectivity index is 0.00000288. The molecule has 2 unspecified atom stereocenters. The predicted octanol–water partition coefficient (Wildman–Crippen LogP) is 3.30. The van der Waals surface area contributed by atoms with Crippen LogP contribution in [0.5, 0.6) is 0 Å². The Morgan fingerprint density at radius 3 is 2.54 bits per heavy atom. The minimum atomic E-state index is 0. The van der Waals surface area contributed by atoms with E-state index in [1.807, 2.05) is 0 Å². The van der Waals surface area contributed by atoms with Crippen molar-refractivity contribution in [3.8, 4) is 0 Å². The fourth-order valence-electron chi connectivity index (χ4n) is 3.12. The van der Waals surface area contributed by atoms with Crippen LogP contribution in [0, 0.1) is 11.8 Å². The van der Waals surface area contributed by atoms with Crippen molar-refractivity contribution >= 4 is 29.9 Å². The average Bonchev–Trinajstić information content (AvgIpc) is 2.94. The molecule has 7 heteroatoms. The summed E-state index contributed by atoms with van der Waals surface area (Å²) >= 11 is 0. The first-order chi connectivity index (χ1) is 11.0. The molecule has 0 aromatic carbocycles. The van der Waals surface area contributed by atoms with Crippen molar-refractivity contribution < 1.29 is 4.52 Å². The minimum Gasteiger partial charge on any atom is -0.357 e. The van der Waals surface area contributed by atoms with E-state index >= 15 is 0 Å². The Kier molecular flexibility index (Phi) is 9.01. The zero-order chi connectivity index (χ0) is 16.8. The highest BCUT2D eigenvalue weighted by Crippen LogP contribution is 2.20. The first-order valence-electron chi connectivity index (χ1n) is 8.85. The Hall–Kier alpha value is -0.860. The van der Waals surface area contributed by atoms with E-state index in [9.17, 15) is 0 Å². The van der Waals surface area contributed by atoms with Crippen molar-refractivity contribution in [1.82, 2.24) is 20.4 Å². The van der Waals surface area contributed by atoms with E-state index in [0.717, 1.165) is 31.4 Å². The van der Waals surface area contributed by atoms with Crippen molar-refractivity contribution in [1.29, 1.82) is 0 Å². The van der Waals surface area contributed by atoms with E-state index in [2.05, 4.69) is 55.0 Å². The standard InChI is InChI=1S/C17H31N5O.HI/c1-6-18-17(22-10-13(4)9-14(5)11-22)19-8-7-15-20-16(12(2)3)21-23-15;/h12-14H,6-11H2,1-5H3,(H,18,19);1H. The summed E-state index contributed by atoms with van der Waals surface area (Å²) in [6.45, 7) is 14.6. The Labute approximate surface area is 162 Å². The van der Waals surface area contributed by atoms with Crippen LogP contribution in [0.15, 0.2) is 9.52 Å². The second-order valence-corrected chi connectivity index (χ2v) is 7.04. The number of aromatic nitrogens is 2. The number of nitrogens with zero attached hydrogens (tertiary/aromatic N) is 4. The second-order valence-electron chi connectivity index (χ2n) is 7.04. The summed E-state index contributed by atoms with van der Waals surface area (Å²) in [5.41, 5.74) is 0. The molecule has 1 aromatic heterocycles. The molecule has 1 aromatic rings. The summed E-state index contributed by atoms with van der Waals surface area (Å²) < 4.78 is 5.28. The summed E-state index contributed by atoms with van der Waals surface area (Å²) in [5.74, 6) is 4.18. The van der Waals surface area contributed by atoms with Gasteiger partial charge in [-0.1, -0.05) is 32.9 Å². The molecule has 0 radical (unpaired) electrons. The van der Waals surface area contributed by atoms with Gasteiger partial charge in [-0.3, -0.25) is 4.99 Å². The third-order valence-electron chi connectivity index (χ3n) is 4.09. The fraction of sp³-hybridized carbons (Fsp3) is 0.824. The molecule has 1 fully saturated rings. The van der Waals surface area contributed by atoms with Gasteiger partial charge in [-0.25, -0.2) is 0 Å². The van der Waals surface area contributed by atoms with Crippen LogP contribution in [-0.4, -0.2) is 47.2 Å². The van der Waals surface area contributed by atoms with Gasteiger partial charge in [0.2, 0.25) is 5.89 Å². The highest BCUT2D eigenvalue weighted by atomic mass is 127. The van der Waals surface area contributed by atoms with Gasteiger partial charge in [0.1, 0.15) is 0 Å². The topological polar surface area (TPSA) is 66.5 Å². The number of hydrogen-bond donors (Lipinski definition) is 1. The predicted molar refractivity (Wildman–Crippen MR) is 108 cm³/mol. The van der Waals surface area contributed by atoms with Crippen molar-refractivity contribution in [2.75, 3.05) is 26.2 Å². The van der Waals surface area contributed by atoms with E-state index in [0.29, 0.717) is 36.6 Å². The third kappa shape index (κ3) is 6.22. The van der Waals surface area contributed by atoms with E-state index < -0.39 is 0 Å². The average molecular weight is 449 g/mol. The van der Waals surface area contributed by atoms with Crippen molar-refractivity contribution in [3.05, 3.63) is 11.7 Å². The molecule has 0 amide bonds. The first-order valence-corrected chi connectivity index (χ1v) is 8.85. The number of guanidine groups is 1. The number of halogens is 1. The monoisotopic (exact) mass is 449 g/mol. The number of aliphatic imine (C=N–C) groups is 1. The summed E-state index contributed by atoms with van der Waals surface area (Å²) in [6, 6.07) is 0. The fourth-order valence-corrected chi connectivity index (χ4v) is 3.12. The van der Waals surface area contributed by atoms with Gasteiger partial charge >= 0.3 is 0 Å². The van der Waals surface area contributed by atoms with Crippen LogP contribution in [0.3, 0.4) is 0 Å². The lowest BCUT2D eigenvalue weighted by Gasteiger charge is -2.37. The van der Waals surface area contributed by atoms with E-state index in [4.69, 9.17) is 9.52 Å². The molecular formula is C17H32IN5O. The van der Waals surface area contributed by atoms with Gasteiger partial charge in [-0.15, -0.1) is 24.0 Å².